The molecule has 0 aliphatic carbocycles. The van der Waals surface area contributed by atoms with Gasteiger partial charge in [-0.1, -0.05) is 66.2 Å². The summed E-state index contributed by atoms with van der Waals surface area (Å²) in [5.41, 5.74) is -11.8. The molecule has 3 aromatic rings. The summed E-state index contributed by atoms with van der Waals surface area (Å²) in [5.74, 6) is -4.83. The van der Waals surface area contributed by atoms with Gasteiger partial charge in [-0.2, -0.15) is 43.2 Å². The molecule has 0 saturated carbocycles. The number of rotatable bonds is 18. The third kappa shape index (κ3) is 9.73. The van der Waals surface area contributed by atoms with Gasteiger partial charge in [0.25, 0.3) is 0 Å². The van der Waals surface area contributed by atoms with Gasteiger partial charge in [-0.3, -0.25) is 0 Å². The van der Waals surface area contributed by atoms with Crippen molar-refractivity contribution in [3.8, 4) is 11.5 Å². The molecule has 0 radical (unpaired) electrons. The fourth-order valence-electron chi connectivity index (χ4n) is 4.70. The molecule has 0 N–H and O–H groups in total. The van der Waals surface area contributed by atoms with Crippen LogP contribution in [0.3, 0.4) is 0 Å². The lowest BCUT2D eigenvalue weighted by Crippen LogP contribution is -2.28. The average Bonchev–Trinajstić information content (AvgIpc) is 3.55. The highest BCUT2D eigenvalue weighted by molar-refractivity contribution is 7.88. The predicted molar refractivity (Wildman–Crippen MR) is 176 cm³/mol. The third-order valence-electron chi connectivity index (χ3n) is 7.72. The minimum atomic E-state index is -6.35. The molecule has 1 aromatic carbocycles. The van der Waals surface area contributed by atoms with Gasteiger partial charge >= 0.3 is 43.2 Å². The molecule has 0 aliphatic rings. The second kappa shape index (κ2) is 16.7. The van der Waals surface area contributed by atoms with Crippen molar-refractivity contribution < 1.29 is 70.6 Å². The Bertz CT molecular complexity index is 1740. The maximum Gasteiger partial charge on any atom is 0.534 e. The lowest BCUT2D eigenvalue weighted by atomic mass is 10.0. The molecule has 0 amide bonds. The number of hydrogen-bond donors (Lipinski definition) is 0. The van der Waals surface area contributed by atoms with Crippen molar-refractivity contribution in [2.75, 3.05) is 13.2 Å². The van der Waals surface area contributed by atoms with E-state index in [1.54, 1.807) is 0 Å². The molecule has 0 bridgehead atoms. The largest absolute Gasteiger partial charge is 0.534 e. The number of fused-ring (bicyclic) bond motifs is 2. The molecule has 20 heteroatoms. The van der Waals surface area contributed by atoms with Crippen molar-refractivity contribution in [3.63, 3.8) is 0 Å². The molecule has 0 aliphatic heterocycles. The number of carbonyl (C=O) groups excluding carboxylic acids is 2. The Labute approximate surface area is 293 Å². The maximum atomic E-state index is 13.4. The van der Waals surface area contributed by atoms with Gasteiger partial charge in [0, 0.05) is 20.2 Å². The summed E-state index contributed by atoms with van der Waals surface area (Å²) < 4.78 is 148. The molecule has 2 atom stereocenters. The zero-order valence-corrected chi connectivity index (χ0v) is 30.6. The quantitative estimate of drug-likeness (QED) is 0.0530. The molecule has 2 aromatic heterocycles. The Morgan fingerprint density at radius 1 is 0.660 bits per heavy atom. The molecule has 0 saturated heterocycles. The Morgan fingerprint density at radius 2 is 1.00 bits per heavy atom. The van der Waals surface area contributed by atoms with E-state index in [0.29, 0.717) is 48.4 Å². The van der Waals surface area contributed by atoms with E-state index in [0.717, 1.165) is 37.8 Å². The van der Waals surface area contributed by atoms with Crippen LogP contribution in [0.2, 0.25) is 0 Å². The van der Waals surface area contributed by atoms with Crippen LogP contribution in [-0.4, -0.2) is 53.0 Å². The van der Waals surface area contributed by atoms with Crippen LogP contribution in [0.4, 0.5) is 26.3 Å². The second-order valence-electron chi connectivity index (χ2n) is 11.4. The number of alkyl halides is 6. The van der Waals surface area contributed by atoms with E-state index < -0.39 is 75.2 Å². The summed E-state index contributed by atoms with van der Waals surface area (Å²) in [4.78, 5) is 24.9. The van der Waals surface area contributed by atoms with Crippen LogP contribution in [0.15, 0.2) is 12.1 Å². The molecule has 0 spiro atoms. The Balaban J connectivity index is 2.22. The molecular formula is C30H36F6O10S4. The summed E-state index contributed by atoms with van der Waals surface area (Å²) in [6.07, 6.45) is 5.81. The summed E-state index contributed by atoms with van der Waals surface area (Å²) >= 11 is 0.760. The molecule has 2 unspecified atom stereocenters. The van der Waals surface area contributed by atoms with Gasteiger partial charge in [0.1, 0.15) is 0 Å². The van der Waals surface area contributed by atoms with Gasteiger partial charge in [-0.25, -0.2) is 9.59 Å². The molecule has 50 heavy (non-hydrogen) atoms. The fourth-order valence-corrected chi connectivity index (χ4v) is 7.87. The topological polar surface area (TPSA) is 139 Å². The summed E-state index contributed by atoms with van der Waals surface area (Å²) in [5, 5.41) is -0.838. The smallest absolute Gasteiger partial charge is 0.461 e. The number of carbonyl (C=O) groups is 2. The number of ether oxygens (including phenoxy) is 2. The van der Waals surface area contributed by atoms with E-state index >= 15 is 0 Å². The van der Waals surface area contributed by atoms with Gasteiger partial charge in [-0.05, 0) is 36.8 Å². The minimum absolute atomic E-state index is 0.116. The molecular weight excluding hydrogens is 763 g/mol. The number of benzene rings is 1. The molecule has 3 rings (SSSR count). The normalized spacial score (nSPS) is 14.1. The lowest BCUT2D eigenvalue weighted by molar-refractivity contribution is -0.0504. The first-order valence-electron chi connectivity index (χ1n) is 15.6. The highest BCUT2D eigenvalue weighted by Crippen LogP contribution is 2.48. The molecule has 0 fully saturated rings. The van der Waals surface area contributed by atoms with Crippen molar-refractivity contribution in [1.29, 1.82) is 0 Å². The van der Waals surface area contributed by atoms with Crippen LogP contribution >= 0.6 is 22.7 Å². The maximum absolute atomic E-state index is 13.4. The van der Waals surface area contributed by atoms with E-state index in [1.807, 2.05) is 27.7 Å². The third-order valence-corrected chi connectivity index (χ3v) is 11.9. The zero-order valence-electron chi connectivity index (χ0n) is 27.4. The predicted octanol–water partition coefficient (Wildman–Crippen LogP) is 9.32. The number of unbranched alkanes of at least 4 members (excludes halogenated alkanes) is 2. The Kier molecular flexibility index (Phi) is 13.9. The first kappa shape index (κ1) is 41.6. The Hall–Kier alpha value is -2.84. The van der Waals surface area contributed by atoms with Crippen LogP contribution in [0.1, 0.15) is 98.4 Å². The van der Waals surface area contributed by atoms with Gasteiger partial charge in [-0.15, -0.1) is 22.7 Å². The van der Waals surface area contributed by atoms with Crippen molar-refractivity contribution in [1.82, 2.24) is 0 Å². The second-order valence-corrected chi connectivity index (χ2v) is 16.5. The van der Waals surface area contributed by atoms with E-state index in [9.17, 15) is 52.8 Å². The van der Waals surface area contributed by atoms with Crippen LogP contribution in [0.5, 0.6) is 11.5 Å². The zero-order chi connectivity index (χ0) is 37.7. The summed E-state index contributed by atoms with van der Waals surface area (Å²) in [7, 11) is -12.7. The summed E-state index contributed by atoms with van der Waals surface area (Å²) in [6.45, 7) is 7.26. The van der Waals surface area contributed by atoms with Crippen LogP contribution in [0.25, 0.3) is 20.2 Å². The van der Waals surface area contributed by atoms with E-state index in [1.165, 1.54) is 0 Å². The first-order valence-corrected chi connectivity index (χ1v) is 20.0. The standard InChI is InChI=1S/C30H36F6O10S4/c1-5-9-11-17(7-3)15-43-27(37)25-23(45-49(39,40)29(31,32)33)19-13-22-20(14-21(19)47-25)24(46-50(41,42)30(34,35)36)26(48-22)28(38)44-16-18(8-4)12-10-6-2/h13-14,17-18H,5-12,15-16H2,1-4H3. The molecule has 2 heterocycles. The van der Waals surface area contributed by atoms with E-state index in [-0.39, 0.29) is 34.4 Å². The van der Waals surface area contributed by atoms with E-state index in [2.05, 4.69) is 8.37 Å². The van der Waals surface area contributed by atoms with Gasteiger partial charge in [0.05, 0.1) is 13.2 Å². The van der Waals surface area contributed by atoms with Crippen LogP contribution < -0.4 is 8.37 Å². The van der Waals surface area contributed by atoms with E-state index in [4.69, 9.17) is 9.47 Å². The lowest BCUT2D eigenvalue weighted by Gasteiger charge is -2.15. The van der Waals surface area contributed by atoms with Crippen LogP contribution in [0, 0.1) is 11.8 Å². The van der Waals surface area contributed by atoms with Crippen molar-refractivity contribution in [2.45, 2.75) is 90.1 Å². The minimum Gasteiger partial charge on any atom is -0.461 e. The van der Waals surface area contributed by atoms with Gasteiger partial charge in [0.2, 0.25) is 0 Å². The highest BCUT2D eigenvalue weighted by Gasteiger charge is 2.50. The van der Waals surface area contributed by atoms with Crippen LogP contribution in [-0.2, 0) is 29.7 Å². The number of halogens is 6. The number of thiophene rings is 2. The van der Waals surface area contributed by atoms with Crippen molar-refractivity contribution in [3.05, 3.63) is 21.9 Å². The highest BCUT2D eigenvalue weighted by atomic mass is 32.2. The molecule has 282 valence electrons. The van der Waals surface area contributed by atoms with Crippen molar-refractivity contribution >= 4 is 75.0 Å². The number of esters is 2. The summed E-state index contributed by atoms with van der Waals surface area (Å²) in [6, 6.07) is 1.89. The van der Waals surface area contributed by atoms with Gasteiger partial charge < -0.3 is 17.8 Å². The first-order chi connectivity index (χ1) is 23.2. The number of hydrogen-bond acceptors (Lipinski definition) is 12. The Morgan fingerprint density at radius 3 is 1.28 bits per heavy atom. The fraction of sp³-hybridized carbons (Fsp3) is 0.600. The monoisotopic (exact) mass is 798 g/mol. The molecule has 10 nitrogen and oxygen atoms in total. The van der Waals surface area contributed by atoms with Gasteiger partial charge in [0.15, 0.2) is 21.3 Å². The SMILES string of the molecule is CCCCC(CC)COC(=O)c1sc2cc3c(OS(=O)(=O)C(F)(F)F)c(C(=O)OCC(CC)CCCC)sc3cc2c1OS(=O)(=O)C(F)(F)F. The average molecular weight is 799 g/mol. The van der Waals surface area contributed by atoms with Crippen molar-refractivity contribution in [2.24, 2.45) is 11.8 Å².